The summed E-state index contributed by atoms with van der Waals surface area (Å²) < 4.78 is 13.2. The molecule has 1 atom stereocenters. The van der Waals surface area contributed by atoms with Gasteiger partial charge in [-0.1, -0.05) is 17.7 Å². The smallest absolute Gasteiger partial charge is 0.142 e. The molecule has 78 valence electrons. The Kier molecular flexibility index (Phi) is 2.70. The molecule has 5 heteroatoms. The maximum Gasteiger partial charge on any atom is 0.142 e. The highest BCUT2D eigenvalue weighted by Gasteiger charge is 2.11. The topological polar surface area (TPSA) is 54.7 Å². The Bertz CT molecular complexity index is 456. The Morgan fingerprint density at radius 2 is 2.20 bits per heavy atom. The van der Waals surface area contributed by atoms with E-state index in [2.05, 4.69) is 10.2 Å². The first kappa shape index (κ1) is 10.1. The molecule has 0 aliphatic carbocycles. The van der Waals surface area contributed by atoms with Gasteiger partial charge in [0.15, 0.2) is 0 Å². The molecule has 0 saturated heterocycles. The zero-order valence-electron chi connectivity index (χ0n) is 7.74. The SMILES string of the molecule is N[C@H](c1cn[nH]c1)c1ccc(Cl)c(F)c1. The fourth-order valence-electron chi connectivity index (χ4n) is 1.33. The average Bonchev–Trinajstić information content (AvgIpc) is 2.74. The van der Waals surface area contributed by atoms with Crippen LogP contribution in [0.3, 0.4) is 0 Å². The van der Waals surface area contributed by atoms with Crippen molar-refractivity contribution in [3.8, 4) is 0 Å². The molecule has 2 aromatic rings. The highest BCUT2D eigenvalue weighted by atomic mass is 35.5. The van der Waals surface area contributed by atoms with Crippen LogP contribution in [0.5, 0.6) is 0 Å². The van der Waals surface area contributed by atoms with Gasteiger partial charge in [-0.25, -0.2) is 4.39 Å². The highest BCUT2D eigenvalue weighted by molar-refractivity contribution is 6.30. The molecule has 0 amide bonds. The fraction of sp³-hybridized carbons (Fsp3) is 0.100. The predicted molar refractivity (Wildman–Crippen MR) is 56.0 cm³/mol. The minimum atomic E-state index is -0.465. The predicted octanol–water partition coefficient (Wildman–Crippen LogP) is 2.25. The first-order chi connectivity index (χ1) is 7.18. The van der Waals surface area contributed by atoms with Crippen molar-refractivity contribution in [3.63, 3.8) is 0 Å². The lowest BCUT2D eigenvalue weighted by Gasteiger charge is -2.09. The van der Waals surface area contributed by atoms with Gasteiger partial charge in [0.25, 0.3) is 0 Å². The number of hydrogen-bond acceptors (Lipinski definition) is 2. The molecule has 0 bridgehead atoms. The quantitative estimate of drug-likeness (QED) is 0.824. The highest BCUT2D eigenvalue weighted by Crippen LogP contribution is 2.22. The standard InChI is InChI=1S/C10H9ClFN3/c11-8-2-1-6(3-9(8)12)10(13)7-4-14-15-5-7/h1-5,10H,13H2,(H,14,15)/t10-/m0/s1. The van der Waals surface area contributed by atoms with Gasteiger partial charge < -0.3 is 5.73 Å². The number of nitrogens with zero attached hydrogens (tertiary/aromatic N) is 1. The van der Waals surface area contributed by atoms with E-state index >= 15 is 0 Å². The summed E-state index contributed by atoms with van der Waals surface area (Å²) >= 11 is 5.58. The molecule has 1 aromatic carbocycles. The van der Waals surface area contributed by atoms with E-state index in [9.17, 15) is 4.39 Å². The van der Waals surface area contributed by atoms with Crippen LogP contribution in [-0.4, -0.2) is 10.2 Å². The van der Waals surface area contributed by atoms with E-state index in [-0.39, 0.29) is 5.02 Å². The van der Waals surface area contributed by atoms with Crippen molar-refractivity contribution < 1.29 is 4.39 Å². The Morgan fingerprint density at radius 1 is 1.40 bits per heavy atom. The minimum Gasteiger partial charge on any atom is -0.320 e. The molecule has 1 aromatic heterocycles. The molecule has 0 fully saturated rings. The molecule has 0 spiro atoms. The van der Waals surface area contributed by atoms with Crippen LogP contribution >= 0.6 is 11.6 Å². The fourth-order valence-corrected chi connectivity index (χ4v) is 1.45. The van der Waals surface area contributed by atoms with Crippen molar-refractivity contribution in [2.75, 3.05) is 0 Å². The lowest BCUT2D eigenvalue weighted by Crippen LogP contribution is -2.11. The van der Waals surface area contributed by atoms with Crippen LogP contribution in [0.25, 0.3) is 0 Å². The zero-order chi connectivity index (χ0) is 10.8. The third kappa shape index (κ3) is 2.00. The van der Waals surface area contributed by atoms with Crippen LogP contribution in [0.4, 0.5) is 4.39 Å². The van der Waals surface area contributed by atoms with Gasteiger partial charge in [0, 0.05) is 11.8 Å². The number of aromatic amines is 1. The summed E-state index contributed by atoms with van der Waals surface area (Å²) in [5, 5.41) is 6.54. The van der Waals surface area contributed by atoms with Crippen LogP contribution in [-0.2, 0) is 0 Å². The molecule has 0 aliphatic heterocycles. The summed E-state index contributed by atoms with van der Waals surface area (Å²) in [5.41, 5.74) is 7.38. The number of H-pyrrole nitrogens is 1. The maximum absolute atomic E-state index is 13.2. The lowest BCUT2D eigenvalue weighted by atomic mass is 10.0. The van der Waals surface area contributed by atoms with E-state index in [1.807, 2.05) is 0 Å². The van der Waals surface area contributed by atoms with Crippen LogP contribution in [0.2, 0.25) is 5.02 Å². The number of rotatable bonds is 2. The van der Waals surface area contributed by atoms with Gasteiger partial charge in [-0.3, -0.25) is 5.10 Å². The number of aromatic nitrogens is 2. The van der Waals surface area contributed by atoms with Gasteiger partial charge in [-0.15, -0.1) is 0 Å². The van der Waals surface area contributed by atoms with E-state index in [0.29, 0.717) is 5.56 Å². The molecule has 0 unspecified atom stereocenters. The van der Waals surface area contributed by atoms with Crippen LogP contribution in [0, 0.1) is 5.82 Å². The Morgan fingerprint density at radius 3 is 2.80 bits per heavy atom. The van der Waals surface area contributed by atoms with Gasteiger partial charge in [0.1, 0.15) is 5.82 Å². The van der Waals surface area contributed by atoms with Crippen molar-refractivity contribution in [2.24, 2.45) is 5.73 Å². The Hall–Kier alpha value is -1.39. The van der Waals surface area contributed by atoms with Crippen molar-refractivity contribution >= 4 is 11.6 Å². The molecular weight excluding hydrogens is 217 g/mol. The number of benzene rings is 1. The first-order valence-electron chi connectivity index (χ1n) is 4.37. The lowest BCUT2D eigenvalue weighted by molar-refractivity contribution is 0.624. The van der Waals surface area contributed by atoms with E-state index in [1.54, 1.807) is 18.5 Å². The third-order valence-electron chi connectivity index (χ3n) is 2.18. The number of nitrogens with two attached hydrogens (primary N) is 1. The summed E-state index contributed by atoms with van der Waals surface area (Å²) in [6.45, 7) is 0. The summed E-state index contributed by atoms with van der Waals surface area (Å²) in [7, 11) is 0. The second-order valence-corrected chi connectivity index (χ2v) is 3.59. The molecule has 15 heavy (non-hydrogen) atoms. The number of halogens is 2. The summed E-state index contributed by atoms with van der Waals surface area (Å²) in [6, 6.07) is 4.13. The molecule has 3 N–H and O–H groups in total. The summed E-state index contributed by atoms with van der Waals surface area (Å²) in [5.74, 6) is -0.465. The van der Waals surface area contributed by atoms with Gasteiger partial charge in [-0.05, 0) is 17.7 Å². The Labute approximate surface area is 91.1 Å². The average molecular weight is 226 g/mol. The monoisotopic (exact) mass is 225 g/mol. The molecule has 0 radical (unpaired) electrons. The molecule has 1 heterocycles. The van der Waals surface area contributed by atoms with Crippen LogP contribution in [0.1, 0.15) is 17.2 Å². The normalized spacial score (nSPS) is 12.7. The molecule has 0 aliphatic rings. The van der Waals surface area contributed by atoms with Gasteiger partial charge in [0.2, 0.25) is 0 Å². The molecule has 2 rings (SSSR count). The van der Waals surface area contributed by atoms with Gasteiger partial charge in [-0.2, -0.15) is 5.10 Å². The molecular formula is C10H9ClFN3. The summed E-state index contributed by atoms with van der Waals surface area (Å²) in [6.07, 6.45) is 3.29. The zero-order valence-corrected chi connectivity index (χ0v) is 8.50. The first-order valence-corrected chi connectivity index (χ1v) is 4.75. The van der Waals surface area contributed by atoms with Crippen molar-refractivity contribution in [1.82, 2.24) is 10.2 Å². The van der Waals surface area contributed by atoms with Crippen molar-refractivity contribution in [1.29, 1.82) is 0 Å². The van der Waals surface area contributed by atoms with Crippen LogP contribution in [0.15, 0.2) is 30.6 Å². The largest absolute Gasteiger partial charge is 0.320 e. The van der Waals surface area contributed by atoms with E-state index in [4.69, 9.17) is 17.3 Å². The van der Waals surface area contributed by atoms with Crippen molar-refractivity contribution in [3.05, 3.63) is 52.6 Å². The van der Waals surface area contributed by atoms with Crippen molar-refractivity contribution in [2.45, 2.75) is 6.04 Å². The van der Waals surface area contributed by atoms with Gasteiger partial charge >= 0.3 is 0 Å². The Balaban J connectivity index is 2.34. The van der Waals surface area contributed by atoms with Crippen LogP contribution < -0.4 is 5.73 Å². The minimum absolute atomic E-state index is 0.0955. The molecule has 0 saturated carbocycles. The second kappa shape index (κ2) is 4.00. The number of nitrogens with one attached hydrogen (secondary N) is 1. The van der Waals surface area contributed by atoms with E-state index in [1.165, 1.54) is 12.1 Å². The van der Waals surface area contributed by atoms with Gasteiger partial charge in [0.05, 0.1) is 17.3 Å². The third-order valence-corrected chi connectivity index (χ3v) is 2.49. The second-order valence-electron chi connectivity index (χ2n) is 3.18. The van der Waals surface area contributed by atoms with E-state index in [0.717, 1.165) is 5.56 Å². The maximum atomic E-state index is 13.2. The van der Waals surface area contributed by atoms with E-state index < -0.39 is 11.9 Å². The molecule has 3 nitrogen and oxygen atoms in total. The summed E-state index contributed by atoms with van der Waals surface area (Å²) in [4.78, 5) is 0. The number of hydrogen-bond donors (Lipinski definition) is 2.